The van der Waals surface area contributed by atoms with E-state index in [9.17, 15) is 9.59 Å². The Labute approximate surface area is 147 Å². The molecule has 2 saturated heterocycles. The molecule has 1 aromatic carbocycles. The molecule has 2 heterocycles. The van der Waals surface area contributed by atoms with Gasteiger partial charge in [0.1, 0.15) is 0 Å². The Bertz CT molecular complexity index is 584. The number of carbonyl (C=O) groups is 2. The van der Waals surface area contributed by atoms with E-state index in [4.69, 9.17) is 16.3 Å². The molecule has 2 aliphatic rings. The third-order valence-corrected chi connectivity index (χ3v) is 5.01. The summed E-state index contributed by atoms with van der Waals surface area (Å²) < 4.78 is 5.30. The Morgan fingerprint density at radius 1 is 1.21 bits per heavy atom. The van der Waals surface area contributed by atoms with Crippen LogP contribution in [0.2, 0.25) is 5.02 Å². The zero-order valence-corrected chi connectivity index (χ0v) is 14.5. The van der Waals surface area contributed by atoms with E-state index in [0.29, 0.717) is 57.3 Å². The molecule has 0 radical (unpaired) electrons. The first-order chi connectivity index (χ1) is 11.6. The zero-order chi connectivity index (χ0) is 16.9. The SMILES string of the molecule is O=C1CCC(C(=O)N2CCOCC2)CN1CCc1ccc(Cl)cc1. The molecule has 1 unspecified atom stereocenters. The van der Waals surface area contributed by atoms with Crippen molar-refractivity contribution in [3.8, 4) is 0 Å². The fraction of sp³-hybridized carbons (Fsp3) is 0.556. The van der Waals surface area contributed by atoms with E-state index >= 15 is 0 Å². The number of hydrogen-bond donors (Lipinski definition) is 0. The lowest BCUT2D eigenvalue weighted by Crippen LogP contribution is -2.50. The van der Waals surface area contributed by atoms with Crippen LogP contribution in [0.15, 0.2) is 24.3 Å². The maximum absolute atomic E-state index is 12.6. The number of carbonyl (C=O) groups excluding carboxylic acids is 2. The van der Waals surface area contributed by atoms with Crippen LogP contribution in [0, 0.1) is 5.92 Å². The van der Waals surface area contributed by atoms with Gasteiger partial charge in [0, 0.05) is 37.6 Å². The number of halogens is 1. The van der Waals surface area contributed by atoms with Crippen molar-refractivity contribution in [2.45, 2.75) is 19.3 Å². The maximum Gasteiger partial charge on any atom is 0.227 e. The van der Waals surface area contributed by atoms with Crippen LogP contribution < -0.4 is 0 Å². The van der Waals surface area contributed by atoms with E-state index in [1.807, 2.05) is 34.1 Å². The summed E-state index contributed by atoms with van der Waals surface area (Å²) in [6.07, 6.45) is 1.90. The van der Waals surface area contributed by atoms with Crippen molar-refractivity contribution < 1.29 is 14.3 Å². The number of ether oxygens (including phenoxy) is 1. The second kappa shape index (κ2) is 7.99. The van der Waals surface area contributed by atoms with Crippen molar-refractivity contribution in [3.63, 3.8) is 0 Å². The minimum atomic E-state index is -0.0778. The number of rotatable bonds is 4. The molecule has 0 saturated carbocycles. The lowest BCUT2D eigenvalue weighted by Gasteiger charge is -2.36. The lowest BCUT2D eigenvalue weighted by molar-refractivity contribution is -0.145. The summed E-state index contributed by atoms with van der Waals surface area (Å²) in [6.45, 7) is 3.72. The average molecular weight is 351 g/mol. The molecule has 130 valence electrons. The maximum atomic E-state index is 12.6. The molecule has 0 aliphatic carbocycles. The Balaban J connectivity index is 1.55. The molecule has 2 aliphatic heterocycles. The summed E-state index contributed by atoms with van der Waals surface area (Å²) in [5, 5.41) is 0.712. The van der Waals surface area contributed by atoms with Crippen molar-refractivity contribution >= 4 is 23.4 Å². The monoisotopic (exact) mass is 350 g/mol. The van der Waals surface area contributed by atoms with Crippen LogP contribution in [0.3, 0.4) is 0 Å². The van der Waals surface area contributed by atoms with Crippen LogP contribution in [0.4, 0.5) is 0 Å². The van der Waals surface area contributed by atoms with Gasteiger partial charge >= 0.3 is 0 Å². The molecule has 2 fully saturated rings. The van der Waals surface area contributed by atoms with Crippen molar-refractivity contribution in [3.05, 3.63) is 34.9 Å². The number of nitrogens with zero attached hydrogens (tertiary/aromatic N) is 2. The summed E-state index contributed by atoms with van der Waals surface area (Å²) in [6, 6.07) is 7.68. The first kappa shape index (κ1) is 17.2. The highest BCUT2D eigenvalue weighted by Gasteiger charge is 2.33. The zero-order valence-electron chi connectivity index (χ0n) is 13.7. The van der Waals surface area contributed by atoms with Crippen molar-refractivity contribution in [2.75, 3.05) is 39.4 Å². The summed E-state index contributed by atoms with van der Waals surface area (Å²) >= 11 is 5.90. The fourth-order valence-corrected chi connectivity index (χ4v) is 3.42. The molecular weight excluding hydrogens is 328 g/mol. The molecule has 0 N–H and O–H groups in total. The number of morpholine rings is 1. The van der Waals surface area contributed by atoms with E-state index in [-0.39, 0.29) is 17.7 Å². The Morgan fingerprint density at radius 3 is 2.62 bits per heavy atom. The fourth-order valence-electron chi connectivity index (χ4n) is 3.29. The highest BCUT2D eigenvalue weighted by molar-refractivity contribution is 6.30. The van der Waals surface area contributed by atoms with Crippen molar-refractivity contribution in [1.29, 1.82) is 0 Å². The molecule has 0 aromatic heterocycles. The molecule has 24 heavy (non-hydrogen) atoms. The Morgan fingerprint density at radius 2 is 1.92 bits per heavy atom. The van der Waals surface area contributed by atoms with Gasteiger partial charge in [0.05, 0.1) is 19.1 Å². The standard InChI is InChI=1S/C18H23ClN2O3/c19-16-4-1-14(2-5-16)7-8-21-13-15(3-6-17(21)22)18(23)20-9-11-24-12-10-20/h1-2,4-5,15H,3,6-13H2. The van der Waals surface area contributed by atoms with E-state index in [1.54, 1.807) is 0 Å². The van der Waals surface area contributed by atoms with Gasteiger partial charge < -0.3 is 14.5 Å². The van der Waals surface area contributed by atoms with Crippen LogP contribution in [0.1, 0.15) is 18.4 Å². The second-order valence-corrected chi connectivity index (χ2v) is 6.83. The Hall–Kier alpha value is -1.59. The number of benzene rings is 1. The summed E-state index contributed by atoms with van der Waals surface area (Å²) in [5.41, 5.74) is 1.15. The van der Waals surface area contributed by atoms with Crippen LogP contribution >= 0.6 is 11.6 Å². The summed E-state index contributed by atoms with van der Waals surface area (Å²) in [5.74, 6) is 0.239. The predicted molar refractivity (Wildman–Crippen MR) is 91.9 cm³/mol. The van der Waals surface area contributed by atoms with E-state index in [2.05, 4.69) is 0 Å². The molecule has 1 aromatic rings. The molecule has 1 atom stereocenters. The second-order valence-electron chi connectivity index (χ2n) is 6.39. The van der Waals surface area contributed by atoms with Crippen molar-refractivity contribution in [1.82, 2.24) is 9.80 Å². The predicted octanol–water partition coefficient (Wildman–Crippen LogP) is 1.98. The Kier molecular flexibility index (Phi) is 5.74. The number of amides is 2. The van der Waals surface area contributed by atoms with Gasteiger partial charge in [-0.3, -0.25) is 9.59 Å². The molecule has 0 spiro atoms. The highest BCUT2D eigenvalue weighted by atomic mass is 35.5. The van der Waals surface area contributed by atoms with Gasteiger partial charge in [-0.2, -0.15) is 0 Å². The third-order valence-electron chi connectivity index (χ3n) is 4.76. The van der Waals surface area contributed by atoms with Crippen LogP contribution in [-0.4, -0.2) is 61.0 Å². The third kappa shape index (κ3) is 4.28. The minimum Gasteiger partial charge on any atom is -0.378 e. The van der Waals surface area contributed by atoms with Gasteiger partial charge in [-0.1, -0.05) is 23.7 Å². The first-order valence-corrected chi connectivity index (χ1v) is 8.90. The number of likely N-dealkylation sites (tertiary alicyclic amines) is 1. The van der Waals surface area contributed by atoms with Gasteiger partial charge in [-0.05, 0) is 30.5 Å². The van der Waals surface area contributed by atoms with E-state index in [0.717, 1.165) is 12.0 Å². The lowest BCUT2D eigenvalue weighted by atomic mass is 9.95. The van der Waals surface area contributed by atoms with Crippen LogP contribution in [0.5, 0.6) is 0 Å². The largest absolute Gasteiger partial charge is 0.378 e. The smallest absolute Gasteiger partial charge is 0.227 e. The molecule has 6 heteroatoms. The summed E-state index contributed by atoms with van der Waals surface area (Å²) in [7, 11) is 0. The topological polar surface area (TPSA) is 49.9 Å². The van der Waals surface area contributed by atoms with E-state index in [1.165, 1.54) is 0 Å². The highest BCUT2D eigenvalue weighted by Crippen LogP contribution is 2.21. The normalized spacial score (nSPS) is 21.9. The van der Waals surface area contributed by atoms with Crippen LogP contribution in [0.25, 0.3) is 0 Å². The van der Waals surface area contributed by atoms with Gasteiger partial charge in [0.25, 0.3) is 0 Å². The number of piperidine rings is 1. The van der Waals surface area contributed by atoms with Gasteiger partial charge in [-0.15, -0.1) is 0 Å². The number of hydrogen-bond acceptors (Lipinski definition) is 3. The summed E-state index contributed by atoms with van der Waals surface area (Å²) in [4.78, 5) is 28.5. The first-order valence-electron chi connectivity index (χ1n) is 8.52. The molecule has 2 amide bonds. The molecule has 3 rings (SSSR count). The van der Waals surface area contributed by atoms with E-state index < -0.39 is 0 Å². The van der Waals surface area contributed by atoms with Crippen molar-refractivity contribution in [2.24, 2.45) is 5.92 Å². The van der Waals surface area contributed by atoms with Gasteiger partial charge in [-0.25, -0.2) is 0 Å². The van der Waals surface area contributed by atoms with Gasteiger partial charge in [0.15, 0.2) is 0 Å². The average Bonchev–Trinajstić information content (AvgIpc) is 2.62. The van der Waals surface area contributed by atoms with Crippen LogP contribution in [-0.2, 0) is 20.7 Å². The molecule has 5 nitrogen and oxygen atoms in total. The molecule has 0 bridgehead atoms. The minimum absolute atomic E-state index is 0.0778. The quantitative estimate of drug-likeness (QED) is 0.834. The van der Waals surface area contributed by atoms with Gasteiger partial charge in [0.2, 0.25) is 11.8 Å². The molecular formula is C18H23ClN2O3.